The molecule has 0 aliphatic carbocycles. The predicted molar refractivity (Wildman–Crippen MR) is 65.8 cm³/mol. The molecule has 0 amide bonds. The molecular weight excluding hydrogens is 198 g/mol. The Kier molecular flexibility index (Phi) is 2.00. The van der Waals surface area contributed by atoms with Gasteiger partial charge in [-0.15, -0.1) is 0 Å². The zero-order valence-corrected chi connectivity index (χ0v) is 8.97. The van der Waals surface area contributed by atoms with E-state index in [0.717, 1.165) is 22.0 Å². The number of hydrogen-bond acceptors (Lipinski definition) is 2. The van der Waals surface area contributed by atoms with Crippen LogP contribution in [0, 0.1) is 0 Å². The Morgan fingerprint density at radius 1 is 1.00 bits per heavy atom. The van der Waals surface area contributed by atoms with Gasteiger partial charge in [-0.05, 0) is 23.6 Å². The van der Waals surface area contributed by atoms with Crippen molar-refractivity contribution in [3.05, 3.63) is 48.7 Å². The molecule has 0 saturated carbocycles. The average Bonchev–Trinajstić information content (AvgIpc) is 2.38. The van der Waals surface area contributed by atoms with E-state index in [1.54, 1.807) is 7.11 Å². The highest BCUT2D eigenvalue weighted by molar-refractivity contribution is 6.05. The van der Waals surface area contributed by atoms with Crippen molar-refractivity contribution in [2.45, 2.75) is 0 Å². The number of pyridine rings is 1. The van der Waals surface area contributed by atoms with Crippen LogP contribution in [0.15, 0.2) is 48.7 Å². The minimum Gasteiger partial charge on any atom is -0.497 e. The molecule has 0 bridgehead atoms. The second kappa shape index (κ2) is 3.49. The summed E-state index contributed by atoms with van der Waals surface area (Å²) in [6, 6.07) is 14.3. The van der Waals surface area contributed by atoms with Crippen LogP contribution in [0.5, 0.6) is 5.75 Å². The number of ether oxygens (including phenoxy) is 1. The highest BCUT2D eigenvalue weighted by Crippen LogP contribution is 2.26. The van der Waals surface area contributed by atoms with Gasteiger partial charge in [0.25, 0.3) is 0 Å². The summed E-state index contributed by atoms with van der Waals surface area (Å²) in [6.45, 7) is 0. The van der Waals surface area contributed by atoms with Crippen molar-refractivity contribution in [1.29, 1.82) is 0 Å². The SMILES string of the molecule is COc1ccc2ccc3cccnc3c2c1. The molecule has 0 saturated heterocycles. The molecule has 0 spiro atoms. The molecule has 2 nitrogen and oxygen atoms in total. The van der Waals surface area contributed by atoms with E-state index in [9.17, 15) is 0 Å². The Hall–Kier alpha value is -2.09. The molecule has 2 aromatic carbocycles. The molecule has 16 heavy (non-hydrogen) atoms. The van der Waals surface area contributed by atoms with Gasteiger partial charge >= 0.3 is 0 Å². The first kappa shape index (κ1) is 9.16. The Labute approximate surface area is 93.5 Å². The normalized spacial score (nSPS) is 10.8. The van der Waals surface area contributed by atoms with Crippen LogP contribution in [0.4, 0.5) is 0 Å². The highest BCUT2D eigenvalue weighted by Gasteiger charge is 2.02. The predicted octanol–water partition coefficient (Wildman–Crippen LogP) is 3.40. The first-order valence-electron chi connectivity index (χ1n) is 5.20. The van der Waals surface area contributed by atoms with Gasteiger partial charge in [-0.25, -0.2) is 0 Å². The second-order valence-electron chi connectivity index (χ2n) is 3.73. The maximum Gasteiger partial charge on any atom is 0.119 e. The van der Waals surface area contributed by atoms with Crippen molar-refractivity contribution in [2.75, 3.05) is 7.11 Å². The fraction of sp³-hybridized carbons (Fsp3) is 0.0714. The van der Waals surface area contributed by atoms with Crippen LogP contribution in [-0.2, 0) is 0 Å². The van der Waals surface area contributed by atoms with Crippen LogP contribution in [0.2, 0.25) is 0 Å². The summed E-state index contributed by atoms with van der Waals surface area (Å²) >= 11 is 0. The number of aromatic nitrogens is 1. The lowest BCUT2D eigenvalue weighted by Gasteiger charge is -2.05. The molecule has 0 atom stereocenters. The molecule has 1 aromatic heterocycles. The minimum atomic E-state index is 0.866. The minimum absolute atomic E-state index is 0.866. The fourth-order valence-corrected chi connectivity index (χ4v) is 1.97. The zero-order chi connectivity index (χ0) is 11.0. The number of fused-ring (bicyclic) bond motifs is 3. The lowest BCUT2D eigenvalue weighted by atomic mass is 10.1. The lowest BCUT2D eigenvalue weighted by molar-refractivity contribution is 0.415. The smallest absolute Gasteiger partial charge is 0.119 e. The van der Waals surface area contributed by atoms with Crippen LogP contribution >= 0.6 is 0 Å². The van der Waals surface area contributed by atoms with E-state index in [0.29, 0.717) is 0 Å². The molecule has 3 aromatic rings. The molecular formula is C14H11NO. The molecule has 0 aliphatic heterocycles. The van der Waals surface area contributed by atoms with Gasteiger partial charge in [0.15, 0.2) is 0 Å². The Balaban J connectivity index is 2.47. The molecule has 0 unspecified atom stereocenters. The van der Waals surface area contributed by atoms with E-state index in [1.807, 2.05) is 24.4 Å². The van der Waals surface area contributed by atoms with E-state index < -0.39 is 0 Å². The van der Waals surface area contributed by atoms with Crippen LogP contribution in [-0.4, -0.2) is 12.1 Å². The zero-order valence-electron chi connectivity index (χ0n) is 8.97. The molecule has 78 valence electrons. The van der Waals surface area contributed by atoms with Gasteiger partial charge in [-0.1, -0.05) is 24.3 Å². The first-order valence-corrected chi connectivity index (χ1v) is 5.20. The average molecular weight is 209 g/mol. The van der Waals surface area contributed by atoms with Gasteiger partial charge in [0.1, 0.15) is 5.75 Å². The molecule has 0 aliphatic rings. The van der Waals surface area contributed by atoms with E-state index in [-0.39, 0.29) is 0 Å². The second-order valence-corrected chi connectivity index (χ2v) is 3.73. The summed E-state index contributed by atoms with van der Waals surface area (Å²) in [5, 5.41) is 3.48. The summed E-state index contributed by atoms with van der Waals surface area (Å²) in [6.07, 6.45) is 1.82. The first-order chi connectivity index (χ1) is 7.88. The topological polar surface area (TPSA) is 22.1 Å². The molecule has 0 radical (unpaired) electrons. The number of methoxy groups -OCH3 is 1. The van der Waals surface area contributed by atoms with Crippen molar-refractivity contribution in [1.82, 2.24) is 4.98 Å². The number of nitrogens with zero attached hydrogens (tertiary/aromatic N) is 1. The number of benzene rings is 2. The highest BCUT2D eigenvalue weighted by atomic mass is 16.5. The molecule has 1 heterocycles. The van der Waals surface area contributed by atoms with Crippen LogP contribution in [0.3, 0.4) is 0 Å². The maximum absolute atomic E-state index is 5.24. The van der Waals surface area contributed by atoms with Gasteiger partial charge < -0.3 is 4.74 Å². The van der Waals surface area contributed by atoms with E-state index >= 15 is 0 Å². The largest absolute Gasteiger partial charge is 0.497 e. The Bertz CT molecular complexity index is 661. The number of hydrogen-bond donors (Lipinski definition) is 0. The van der Waals surface area contributed by atoms with Gasteiger partial charge in [-0.2, -0.15) is 0 Å². The van der Waals surface area contributed by atoms with Crippen molar-refractivity contribution in [3.8, 4) is 5.75 Å². The third-order valence-corrected chi connectivity index (χ3v) is 2.80. The Morgan fingerprint density at radius 2 is 1.81 bits per heavy atom. The summed E-state index contributed by atoms with van der Waals surface area (Å²) in [5.74, 6) is 0.866. The third-order valence-electron chi connectivity index (χ3n) is 2.80. The Morgan fingerprint density at radius 3 is 2.69 bits per heavy atom. The quantitative estimate of drug-likeness (QED) is 0.573. The van der Waals surface area contributed by atoms with Crippen molar-refractivity contribution < 1.29 is 4.74 Å². The fourth-order valence-electron chi connectivity index (χ4n) is 1.97. The standard InChI is InChI=1S/C14H11NO/c1-16-12-7-6-10-4-5-11-3-2-8-15-14(11)13(10)9-12/h2-9H,1H3. The number of rotatable bonds is 1. The maximum atomic E-state index is 5.24. The van der Waals surface area contributed by atoms with E-state index in [4.69, 9.17) is 4.74 Å². The lowest BCUT2D eigenvalue weighted by Crippen LogP contribution is -1.84. The van der Waals surface area contributed by atoms with Crippen molar-refractivity contribution >= 4 is 21.7 Å². The summed E-state index contributed by atoms with van der Waals surface area (Å²) in [4.78, 5) is 4.43. The summed E-state index contributed by atoms with van der Waals surface area (Å²) in [5.41, 5.74) is 1.03. The van der Waals surface area contributed by atoms with Crippen molar-refractivity contribution in [3.63, 3.8) is 0 Å². The van der Waals surface area contributed by atoms with Gasteiger partial charge in [0, 0.05) is 17.0 Å². The molecule has 0 fully saturated rings. The third kappa shape index (κ3) is 1.31. The van der Waals surface area contributed by atoms with Crippen LogP contribution in [0.1, 0.15) is 0 Å². The molecule has 0 N–H and O–H groups in total. The summed E-state index contributed by atoms with van der Waals surface area (Å²) in [7, 11) is 1.68. The van der Waals surface area contributed by atoms with Crippen molar-refractivity contribution in [2.24, 2.45) is 0 Å². The monoisotopic (exact) mass is 209 g/mol. The van der Waals surface area contributed by atoms with Gasteiger partial charge in [0.2, 0.25) is 0 Å². The van der Waals surface area contributed by atoms with E-state index in [1.165, 1.54) is 5.39 Å². The molecule has 3 rings (SSSR count). The van der Waals surface area contributed by atoms with Gasteiger partial charge in [0.05, 0.1) is 12.6 Å². The molecule has 2 heteroatoms. The van der Waals surface area contributed by atoms with E-state index in [2.05, 4.69) is 29.2 Å². The summed E-state index contributed by atoms with van der Waals surface area (Å²) < 4.78 is 5.24. The van der Waals surface area contributed by atoms with Crippen LogP contribution in [0.25, 0.3) is 21.7 Å². The van der Waals surface area contributed by atoms with Gasteiger partial charge in [-0.3, -0.25) is 4.98 Å². The van der Waals surface area contributed by atoms with Crippen LogP contribution < -0.4 is 4.74 Å².